The molecule has 1 aliphatic carbocycles. The van der Waals surface area contributed by atoms with E-state index in [1.54, 1.807) is 0 Å². The summed E-state index contributed by atoms with van der Waals surface area (Å²) >= 11 is 0. The van der Waals surface area contributed by atoms with Crippen molar-refractivity contribution in [2.45, 2.75) is 44.4 Å². The molecule has 0 unspecified atom stereocenters. The van der Waals surface area contributed by atoms with Gasteiger partial charge >= 0.3 is 0 Å². The Bertz CT molecular complexity index is 842. The predicted octanol–water partition coefficient (Wildman–Crippen LogP) is 5.55. The van der Waals surface area contributed by atoms with Gasteiger partial charge in [0.1, 0.15) is 5.69 Å². The van der Waals surface area contributed by atoms with Crippen LogP contribution in [0.15, 0.2) is 35.3 Å². The van der Waals surface area contributed by atoms with Gasteiger partial charge < -0.3 is 4.85 Å². The Labute approximate surface area is 137 Å². The summed E-state index contributed by atoms with van der Waals surface area (Å²) < 4.78 is 1.98. The standard InChI is InChI=1S/C20H21N3/c1-14-20(11-5-4-6-12-20)16-13-15(7-8-17(16)22-14)18-9-10-19(21-2)23(18)3/h7-10,13H,4-6,11-12H2,1,3H3. The fourth-order valence-corrected chi connectivity index (χ4v) is 4.35. The van der Waals surface area contributed by atoms with E-state index in [-0.39, 0.29) is 5.41 Å². The van der Waals surface area contributed by atoms with Gasteiger partial charge in [-0.3, -0.25) is 9.56 Å². The van der Waals surface area contributed by atoms with Crippen LogP contribution in [0, 0.1) is 6.57 Å². The van der Waals surface area contributed by atoms with Gasteiger partial charge in [-0.2, -0.15) is 0 Å². The average molecular weight is 303 g/mol. The number of fused-ring (bicyclic) bond motifs is 2. The molecule has 0 N–H and O–H groups in total. The molecule has 0 saturated heterocycles. The molecule has 4 rings (SSSR count). The van der Waals surface area contributed by atoms with Crippen LogP contribution in [0.2, 0.25) is 0 Å². The zero-order valence-electron chi connectivity index (χ0n) is 13.8. The van der Waals surface area contributed by atoms with Crippen molar-refractivity contribution in [1.82, 2.24) is 4.57 Å². The third kappa shape index (κ3) is 1.98. The first-order valence-corrected chi connectivity index (χ1v) is 8.39. The molecule has 116 valence electrons. The normalized spacial score (nSPS) is 18.6. The predicted molar refractivity (Wildman–Crippen MR) is 94.6 cm³/mol. The lowest BCUT2D eigenvalue weighted by Gasteiger charge is -2.35. The van der Waals surface area contributed by atoms with Gasteiger partial charge in [0.15, 0.2) is 0 Å². The molecule has 23 heavy (non-hydrogen) atoms. The minimum Gasteiger partial charge on any atom is -0.364 e. The molecule has 2 heterocycles. The van der Waals surface area contributed by atoms with Crippen LogP contribution in [0.3, 0.4) is 0 Å². The number of hydrogen-bond donors (Lipinski definition) is 0. The lowest BCUT2D eigenvalue weighted by molar-refractivity contribution is 0.385. The van der Waals surface area contributed by atoms with Crippen molar-refractivity contribution in [3.8, 4) is 11.3 Å². The second-order valence-electron chi connectivity index (χ2n) is 6.82. The molecule has 1 spiro atoms. The summed E-state index contributed by atoms with van der Waals surface area (Å²) in [5.74, 6) is 0.681. The summed E-state index contributed by atoms with van der Waals surface area (Å²) in [5.41, 5.74) is 6.30. The zero-order chi connectivity index (χ0) is 16.0. The molecule has 1 aliphatic heterocycles. The van der Waals surface area contributed by atoms with E-state index in [9.17, 15) is 0 Å². The minimum absolute atomic E-state index is 0.164. The maximum absolute atomic E-state index is 7.25. The fraction of sp³-hybridized carbons (Fsp3) is 0.400. The first-order valence-electron chi connectivity index (χ1n) is 8.39. The Morgan fingerprint density at radius 1 is 1.13 bits per heavy atom. The van der Waals surface area contributed by atoms with Gasteiger partial charge in [-0.1, -0.05) is 25.8 Å². The molecular formula is C20H21N3. The van der Waals surface area contributed by atoms with E-state index < -0.39 is 0 Å². The molecule has 2 aromatic rings. The van der Waals surface area contributed by atoms with Crippen LogP contribution in [0.4, 0.5) is 11.5 Å². The van der Waals surface area contributed by atoms with E-state index in [2.05, 4.69) is 30.0 Å². The molecular weight excluding hydrogens is 282 g/mol. The summed E-state index contributed by atoms with van der Waals surface area (Å²) in [4.78, 5) is 8.44. The van der Waals surface area contributed by atoms with Gasteiger partial charge in [-0.15, -0.1) is 0 Å². The molecule has 0 amide bonds. The Hall–Kier alpha value is -2.34. The Morgan fingerprint density at radius 2 is 1.91 bits per heavy atom. The monoisotopic (exact) mass is 303 g/mol. The quantitative estimate of drug-likeness (QED) is 0.616. The third-order valence-corrected chi connectivity index (χ3v) is 5.71. The van der Waals surface area contributed by atoms with Crippen molar-refractivity contribution in [3.05, 3.63) is 47.3 Å². The topological polar surface area (TPSA) is 21.6 Å². The summed E-state index contributed by atoms with van der Waals surface area (Å²) in [6, 6.07) is 10.6. The molecule has 1 aromatic heterocycles. The van der Waals surface area contributed by atoms with Crippen LogP contribution in [-0.4, -0.2) is 10.3 Å². The van der Waals surface area contributed by atoms with Gasteiger partial charge in [-0.25, -0.2) is 0 Å². The SMILES string of the molecule is [C-]#[N+]c1ccc(-c2ccc3c(c2)C2(CCCCC2)C(C)=N3)n1C. The molecule has 0 atom stereocenters. The number of rotatable bonds is 1. The van der Waals surface area contributed by atoms with E-state index >= 15 is 0 Å². The van der Waals surface area contributed by atoms with Gasteiger partial charge in [-0.05, 0) is 55.7 Å². The summed E-state index contributed by atoms with van der Waals surface area (Å²) in [7, 11) is 1.97. The maximum Gasteiger partial charge on any atom is 0.230 e. The number of nitrogens with zero attached hydrogens (tertiary/aromatic N) is 3. The highest BCUT2D eigenvalue weighted by Crippen LogP contribution is 2.50. The van der Waals surface area contributed by atoms with Gasteiger partial charge in [0.2, 0.25) is 5.82 Å². The Balaban J connectivity index is 1.83. The summed E-state index contributed by atoms with van der Waals surface area (Å²) in [6.45, 7) is 9.45. The van der Waals surface area contributed by atoms with Crippen molar-refractivity contribution in [2.75, 3.05) is 0 Å². The van der Waals surface area contributed by atoms with Crippen LogP contribution in [0.1, 0.15) is 44.6 Å². The number of aliphatic imine (C=N–C) groups is 1. The van der Waals surface area contributed by atoms with E-state index in [1.807, 2.05) is 23.7 Å². The van der Waals surface area contributed by atoms with Gasteiger partial charge in [0.05, 0.1) is 12.7 Å². The summed E-state index contributed by atoms with van der Waals surface area (Å²) in [6.07, 6.45) is 6.37. The fourth-order valence-electron chi connectivity index (χ4n) is 4.35. The summed E-state index contributed by atoms with van der Waals surface area (Å²) in [5, 5.41) is 0. The highest BCUT2D eigenvalue weighted by molar-refractivity contribution is 6.00. The molecule has 2 aliphatic rings. The maximum atomic E-state index is 7.25. The van der Waals surface area contributed by atoms with Gasteiger partial charge in [0, 0.05) is 16.7 Å². The van der Waals surface area contributed by atoms with Crippen LogP contribution in [0.25, 0.3) is 16.1 Å². The molecule has 1 fully saturated rings. The number of hydrogen-bond acceptors (Lipinski definition) is 1. The van der Waals surface area contributed by atoms with E-state index in [0.717, 1.165) is 11.4 Å². The van der Waals surface area contributed by atoms with Crippen LogP contribution >= 0.6 is 0 Å². The van der Waals surface area contributed by atoms with Crippen LogP contribution < -0.4 is 0 Å². The largest absolute Gasteiger partial charge is 0.364 e. The van der Waals surface area contributed by atoms with Crippen molar-refractivity contribution in [1.29, 1.82) is 0 Å². The minimum atomic E-state index is 0.164. The van der Waals surface area contributed by atoms with E-state index in [4.69, 9.17) is 11.6 Å². The van der Waals surface area contributed by atoms with E-state index in [1.165, 1.54) is 48.9 Å². The second kappa shape index (κ2) is 5.09. The number of aromatic nitrogens is 1. The van der Waals surface area contributed by atoms with Crippen molar-refractivity contribution in [2.24, 2.45) is 12.0 Å². The van der Waals surface area contributed by atoms with E-state index in [0.29, 0.717) is 5.82 Å². The van der Waals surface area contributed by atoms with Gasteiger partial charge in [0.25, 0.3) is 0 Å². The molecule has 1 saturated carbocycles. The number of benzene rings is 1. The lowest BCUT2D eigenvalue weighted by atomic mass is 9.67. The Morgan fingerprint density at radius 3 is 2.61 bits per heavy atom. The van der Waals surface area contributed by atoms with Crippen molar-refractivity contribution >= 4 is 17.2 Å². The van der Waals surface area contributed by atoms with Crippen LogP contribution in [-0.2, 0) is 12.5 Å². The third-order valence-electron chi connectivity index (χ3n) is 5.71. The molecule has 1 aromatic carbocycles. The second-order valence-corrected chi connectivity index (χ2v) is 6.82. The highest BCUT2D eigenvalue weighted by atomic mass is 15.0. The lowest BCUT2D eigenvalue weighted by Crippen LogP contribution is -2.33. The van der Waals surface area contributed by atoms with Crippen LogP contribution in [0.5, 0.6) is 0 Å². The molecule has 0 radical (unpaired) electrons. The smallest absolute Gasteiger partial charge is 0.230 e. The first-order chi connectivity index (χ1) is 11.2. The first kappa shape index (κ1) is 14.3. The molecule has 0 bridgehead atoms. The van der Waals surface area contributed by atoms with Crippen molar-refractivity contribution < 1.29 is 0 Å². The van der Waals surface area contributed by atoms with Crippen molar-refractivity contribution in [3.63, 3.8) is 0 Å². The molecule has 3 heteroatoms. The molecule has 3 nitrogen and oxygen atoms in total. The Kier molecular flexibility index (Phi) is 3.16. The zero-order valence-corrected chi connectivity index (χ0v) is 13.8. The highest BCUT2D eigenvalue weighted by Gasteiger charge is 2.42. The average Bonchev–Trinajstić information content (AvgIpc) is 3.07.